The van der Waals surface area contributed by atoms with Gasteiger partial charge in [-0.1, -0.05) is 84.9 Å². The van der Waals surface area contributed by atoms with Gasteiger partial charge < -0.3 is 25.4 Å². The van der Waals surface area contributed by atoms with E-state index in [1.54, 1.807) is 12.1 Å². The van der Waals surface area contributed by atoms with Crippen LogP contribution in [0.4, 0.5) is 4.79 Å². The third kappa shape index (κ3) is 10.4. The molecule has 3 aromatic carbocycles. The zero-order valence-electron chi connectivity index (χ0n) is 29.0. The van der Waals surface area contributed by atoms with Crippen LogP contribution in [0.5, 0.6) is 0 Å². The number of nitrogens with one attached hydrogen (secondary N) is 2. The van der Waals surface area contributed by atoms with Gasteiger partial charge in [-0.15, -0.1) is 0 Å². The van der Waals surface area contributed by atoms with Crippen molar-refractivity contribution in [2.45, 2.75) is 69.7 Å². The highest BCUT2D eigenvalue weighted by atomic mass is 32.2. The van der Waals surface area contributed by atoms with E-state index >= 15 is 0 Å². The highest BCUT2D eigenvalue weighted by Crippen LogP contribution is 2.29. The van der Waals surface area contributed by atoms with Gasteiger partial charge in [-0.25, -0.2) is 13.2 Å². The summed E-state index contributed by atoms with van der Waals surface area (Å²) in [6, 6.07) is 24.6. The fourth-order valence-corrected chi connectivity index (χ4v) is 8.25. The maximum absolute atomic E-state index is 13.9. The van der Waals surface area contributed by atoms with Crippen LogP contribution >= 0.6 is 0 Å². The number of sulfone groups is 1. The molecule has 0 unspecified atom stereocenters. The second kappa shape index (κ2) is 16.2. The average molecular weight is 705 g/mol. The monoisotopic (exact) mass is 704 g/mol. The Kier molecular flexibility index (Phi) is 12.0. The first kappa shape index (κ1) is 37.0. The number of aliphatic hydroxyl groups excluding tert-OH is 1. The molecule has 5 rings (SSSR count). The number of β-amino-alcohol motifs (C(OH)–C–C–N with tert-alkyl or cyclic N) is 1. The minimum absolute atomic E-state index is 0.0658. The van der Waals surface area contributed by atoms with Crippen molar-refractivity contribution in [1.82, 2.24) is 20.4 Å². The van der Waals surface area contributed by atoms with Crippen molar-refractivity contribution in [2.75, 3.05) is 31.9 Å². The highest BCUT2D eigenvalue weighted by Gasteiger charge is 2.38. The van der Waals surface area contributed by atoms with E-state index in [2.05, 4.69) is 10.6 Å². The predicted octanol–water partition coefficient (Wildman–Crippen LogP) is 3.62. The number of carbonyl (C=O) groups is 3. The molecule has 12 heteroatoms. The Morgan fingerprint density at radius 3 is 2.24 bits per heavy atom. The number of piperazine rings is 1. The first-order valence-electron chi connectivity index (χ1n) is 17.1. The van der Waals surface area contributed by atoms with Gasteiger partial charge in [-0.05, 0) is 55.9 Å². The molecule has 1 fully saturated rings. The summed E-state index contributed by atoms with van der Waals surface area (Å²) in [6.07, 6.45) is -1.11. The number of rotatable bonds is 11. The summed E-state index contributed by atoms with van der Waals surface area (Å²) < 4.78 is 31.0. The number of ether oxygens (including phenoxy) is 1. The van der Waals surface area contributed by atoms with E-state index in [9.17, 15) is 27.9 Å². The smallest absolute Gasteiger partial charge is 0.410 e. The topological polar surface area (TPSA) is 145 Å². The minimum atomic E-state index is -3.42. The van der Waals surface area contributed by atoms with Crippen LogP contribution < -0.4 is 10.6 Å². The van der Waals surface area contributed by atoms with Crippen molar-refractivity contribution < 1.29 is 32.6 Å². The normalized spacial score (nSPS) is 20.2. The van der Waals surface area contributed by atoms with E-state index in [-0.39, 0.29) is 49.4 Å². The van der Waals surface area contributed by atoms with E-state index in [0.717, 1.165) is 16.7 Å². The maximum Gasteiger partial charge on any atom is 0.410 e. The Morgan fingerprint density at radius 1 is 0.920 bits per heavy atom. The van der Waals surface area contributed by atoms with E-state index in [0.29, 0.717) is 25.1 Å². The second-order valence-electron chi connectivity index (χ2n) is 14.3. The maximum atomic E-state index is 13.9. The molecule has 3 N–H and O–H groups in total. The first-order valence-corrected chi connectivity index (χ1v) is 18.9. The van der Waals surface area contributed by atoms with Gasteiger partial charge in [0.15, 0.2) is 9.84 Å². The van der Waals surface area contributed by atoms with E-state index in [1.807, 2.05) is 98.5 Å². The molecular formula is C38H48N4O7S. The van der Waals surface area contributed by atoms with Crippen molar-refractivity contribution >= 4 is 27.7 Å². The quantitative estimate of drug-likeness (QED) is 0.275. The summed E-state index contributed by atoms with van der Waals surface area (Å²) in [5.74, 6) is -1.57. The Labute approximate surface area is 294 Å². The van der Waals surface area contributed by atoms with Crippen LogP contribution in [-0.4, -0.2) is 90.8 Å². The van der Waals surface area contributed by atoms with Crippen LogP contribution in [0, 0.1) is 5.92 Å². The van der Waals surface area contributed by atoms with E-state index in [4.69, 9.17) is 4.74 Å². The number of hydrogen-bond acceptors (Lipinski definition) is 8. The van der Waals surface area contributed by atoms with Crippen molar-refractivity contribution in [3.05, 3.63) is 107 Å². The molecule has 2 aliphatic rings. The molecule has 0 saturated carbocycles. The average Bonchev–Trinajstić information content (AvgIpc) is 3.06. The van der Waals surface area contributed by atoms with Gasteiger partial charge >= 0.3 is 6.09 Å². The fourth-order valence-electron chi connectivity index (χ4n) is 6.63. The van der Waals surface area contributed by atoms with Crippen molar-refractivity contribution in [3.8, 4) is 0 Å². The standard InChI is InChI=1S/C38H48N4O7S/c1-38(2,3)40-36(45)34-23-42(37(46)49-24-28-14-8-5-9-15-28)19-18-41(34)22-31(43)21-30(20-27-12-6-4-7-13-27)35(44)39-33-26-50(47,48)25-29-16-10-11-17-32(29)33/h4-17,30-31,33-34,43H,18-26H2,1-3H3,(H,39,44)(H,40,45)/t30-,31+,33-,34+/m1/s1. The minimum Gasteiger partial charge on any atom is -0.445 e. The van der Waals surface area contributed by atoms with Crippen LogP contribution in [-0.2, 0) is 42.9 Å². The van der Waals surface area contributed by atoms with Gasteiger partial charge in [0.2, 0.25) is 11.8 Å². The molecule has 11 nitrogen and oxygen atoms in total. The molecule has 0 bridgehead atoms. The number of aliphatic hydroxyl groups is 1. The Morgan fingerprint density at radius 2 is 1.56 bits per heavy atom. The third-order valence-electron chi connectivity index (χ3n) is 9.00. The molecule has 268 valence electrons. The molecule has 3 amide bonds. The number of amides is 3. The molecule has 3 aromatic rings. The largest absolute Gasteiger partial charge is 0.445 e. The summed E-state index contributed by atoms with van der Waals surface area (Å²) in [7, 11) is -3.42. The van der Waals surface area contributed by atoms with Gasteiger partial charge in [-0.2, -0.15) is 0 Å². The first-order chi connectivity index (χ1) is 23.8. The number of nitrogens with zero attached hydrogens (tertiary/aromatic N) is 2. The van der Waals surface area contributed by atoms with Crippen molar-refractivity contribution in [2.24, 2.45) is 5.92 Å². The summed E-state index contributed by atoms with van der Waals surface area (Å²) >= 11 is 0. The lowest BCUT2D eigenvalue weighted by Crippen LogP contribution is -2.62. The molecule has 0 radical (unpaired) electrons. The van der Waals surface area contributed by atoms with Crippen LogP contribution in [0.15, 0.2) is 84.9 Å². The Balaban J connectivity index is 1.29. The Bertz CT molecular complexity index is 1730. The van der Waals surface area contributed by atoms with Crippen LogP contribution in [0.25, 0.3) is 0 Å². The molecular weight excluding hydrogens is 657 g/mol. The van der Waals surface area contributed by atoms with E-state index in [1.165, 1.54) is 4.90 Å². The molecule has 4 atom stereocenters. The van der Waals surface area contributed by atoms with Gasteiger partial charge in [-0.3, -0.25) is 14.5 Å². The fraction of sp³-hybridized carbons (Fsp3) is 0.447. The lowest BCUT2D eigenvalue weighted by Gasteiger charge is -2.41. The lowest BCUT2D eigenvalue weighted by molar-refractivity contribution is -0.131. The van der Waals surface area contributed by atoms with Crippen LogP contribution in [0.3, 0.4) is 0 Å². The predicted molar refractivity (Wildman–Crippen MR) is 191 cm³/mol. The van der Waals surface area contributed by atoms with Crippen molar-refractivity contribution in [1.29, 1.82) is 0 Å². The number of benzene rings is 3. The van der Waals surface area contributed by atoms with Crippen molar-refractivity contribution in [3.63, 3.8) is 0 Å². The zero-order chi connectivity index (χ0) is 35.9. The third-order valence-corrected chi connectivity index (χ3v) is 10.6. The summed E-state index contributed by atoms with van der Waals surface area (Å²) in [5.41, 5.74) is 2.69. The van der Waals surface area contributed by atoms with Gasteiger partial charge in [0, 0.05) is 37.6 Å². The molecule has 0 spiro atoms. The SMILES string of the molecule is CC(C)(C)NC(=O)[C@@H]1CN(C(=O)OCc2ccccc2)CCN1C[C@@H](O)C[C@@H](Cc1ccccc1)C(=O)N[C@@H]1CS(=O)(=O)Cc2ccccc21. The zero-order valence-corrected chi connectivity index (χ0v) is 29.8. The molecule has 2 heterocycles. The summed E-state index contributed by atoms with van der Waals surface area (Å²) in [5, 5.41) is 17.5. The van der Waals surface area contributed by atoms with Gasteiger partial charge in [0.25, 0.3) is 0 Å². The van der Waals surface area contributed by atoms with E-state index < -0.39 is 45.6 Å². The summed E-state index contributed by atoms with van der Waals surface area (Å²) in [4.78, 5) is 43.9. The Hall–Kier alpha value is -4.26. The molecule has 1 saturated heterocycles. The lowest BCUT2D eigenvalue weighted by atomic mass is 9.91. The summed E-state index contributed by atoms with van der Waals surface area (Å²) in [6.45, 7) is 6.51. The van der Waals surface area contributed by atoms with Crippen LogP contribution in [0.2, 0.25) is 0 Å². The molecule has 0 aliphatic carbocycles. The number of hydrogen-bond donors (Lipinski definition) is 3. The highest BCUT2D eigenvalue weighted by molar-refractivity contribution is 7.90. The second-order valence-corrected chi connectivity index (χ2v) is 16.4. The molecule has 2 aliphatic heterocycles. The molecule has 0 aromatic heterocycles. The van der Waals surface area contributed by atoms with Crippen LogP contribution in [0.1, 0.15) is 55.5 Å². The van der Waals surface area contributed by atoms with Gasteiger partial charge in [0.1, 0.15) is 12.6 Å². The number of fused-ring (bicyclic) bond motifs is 1. The molecule has 50 heavy (non-hydrogen) atoms. The number of carbonyl (C=O) groups excluding carboxylic acids is 3. The van der Waals surface area contributed by atoms with Gasteiger partial charge in [0.05, 0.1) is 23.7 Å².